The quantitative estimate of drug-likeness (QED) is 0.345. The number of para-hydroxylation sites is 1. The summed E-state index contributed by atoms with van der Waals surface area (Å²) >= 11 is 1.23. The number of phenols is 1. The van der Waals surface area contributed by atoms with Crippen LogP contribution < -0.4 is 4.90 Å². The predicted molar refractivity (Wildman–Crippen MR) is 136 cm³/mol. The van der Waals surface area contributed by atoms with Crippen LogP contribution in [0.1, 0.15) is 32.5 Å². The van der Waals surface area contributed by atoms with Crippen LogP contribution in [0.3, 0.4) is 0 Å². The SMILES string of the molecule is Cc1ccccc1N1C(=O)C(O)=C(C(=O)c2sc(-c3ccccc3)nc2C)C1c1cccc(O)c1. The number of thiazole rings is 1. The van der Waals surface area contributed by atoms with Crippen LogP contribution in [0, 0.1) is 13.8 Å². The number of aliphatic hydroxyl groups is 1. The number of anilines is 1. The van der Waals surface area contributed by atoms with E-state index in [1.807, 2.05) is 49.4 Å². The first-order valence-corrected chi connectivity index (χ1v) is 11.9. The number of ketones is 1. The van der Waals surface area contributed by atoms with Gasteiger partial charge in [-0.05, 0) is 43.2 Å². The summed E-state index contributed by atoms with van der Waals surface area (Å²) in [5.41, 5.74) is 3.27. The average molecular weight is 483 g/mol. The second-order valence-electron chi connectivity index (χ2n) is 8.35. The molecule has 0 radical (unpaired) electrons. The number of hydrogen-bond acceptors (Lipinski definition) is 6. The summed E-state index contributed by atoms with van der Waals surface area (Å²) in [7, 11) is 0. The fourth-order valence-corrected chi connectivity index (χ4v) is 5.39. The van der Waals surface area contributed by atoms with Crippen LogP contribution in [0.2, 0.25) is 0 Å². The van der Waals surface area contributed by atoms with E-state index < -0.39 is 23.5 Å². The largest absolute Gasteiger partial charge is 0.508 e. The molecule has 0 aliphatic carbocycles. The highest BCUT2D eigenvalue weighted by Gasteiger charge is 2.45. The molecule has 1 aliphatic rings. The van der Waals surface area contributed by atoms with Gasteiger partial charge in [-0.15, -0.1) is 11.3 Å². The molecule has 5 rings (SSSR count). The minimum absolute atomic E-state index is 0.00166. The van der Waals surface area contributed by atoms with E-state index in [9.17, 15) is 19.8 Å². The summed E-state index contributed by atoms with van der Waals surface area (Å²) < 4.78 is 0. The molecule has 1 aliphatic heterocycles. The molecule has 4 aromatic rings. The van der Waals surface area contributed by atoms with Gasteiger partial charge in [0.2, 0.25) is 5.78 Å². The van der Waals surface area contributed by atoms with Crippen molar-refractivity contribution in [2.75, 3.05) is 4.90 Å². The Kier molecular flexibility index (Phi) is 5.70. The van der Waals surface area contributed by atoms with Crippen LogP contribution in [0.15, 0.2) is 90.2 Å². The Hall–Kier alpha value is -4.23. The zero-order valence-corrected chi connectivity index (χ0v) is 19.9. The Morgan fingerprint density at radius 1 is 0.943 bits per heavy atom. The van der Waals surface area contributed by atoms with Crippen LogP contribution >= 0.6 is 11.3 Å². The molecule has 0 saturated carbocycles. The third-order valence-electron chi connectivity index (χ3n) is 6.04. The molecule has 2 heterocycles. The molecule has 1 atom stereocenters. The molecule has 174 valence electrons. The van der Waals surface area contributed by atoms with E-state index in [2.05, 4.69) is 4.98 Å². The third-order valence-corrected chi connectivity index (χ3v) is 7.24. The van der Waals surface area contributed by atoms with Crippen LogP contribution in [-0.4, -0.2) is 26.9 Å². The lowest BCUT2D eigenvalue weighted by molar-refractivity contribution is -0.117. The summed E-state index contributed by atoms with van der Waals surface area (Å²) in [6.07, 6.45) is 0. The van der Waals surface area contributed by atoms with Crippen molar-refractivity contribution in [3.8, 4) is 16.3 Å². The van der Waals surface area contributed by atoms with Gasteiger partial charge in [0.1, 0.15) is 10.8 Å². The number of phenolic OH excluding ortho intramolecular Hbond substituents is 1. The summed E-state index contributed by atoms with van der Waals surface area (Å²) in [5.74, 6) is -1.72. The van der Waals surface area contributed by atoms with Gasteiger partial charge in [-0.25, -0.2) is 4.98 Å². The van der Waals surface area contributed by atoms with Crippen LogP contribution in [0.4, 0.5) is 5.69 Å². The van der Waals surface area contributed by atoms with Crippen molar-refractivity contribution in [3.63, 3.8) is 0 Å². The molecular formula is C28H22N2O4S. The van der Waals surface area contributed by atoms with E-state index in [4.69, 9.17) is 0 Å². The lowest BCUT2D eigenvalue weighted by Crippen LogP contribution is -2.31. The zero-order valence-electron chi connectivity index (χ0n) is 19.1. The number of Topliss-reactive ketones (excluding diaryl/α,β-unsaturated/α-hetero) is 1. The van der Waals surface area contributed by atoms with Gasteiger partial charge in [0.05, 0.1) is 22.2 Å². The number of aliphatic hydroxyl groups excluding tert-OH is 1. The number of nitrogens with zero attached hydrogens (tertiary/aromatic N) is 2. The monoisotopic (exact) mass is 482 g/mol. The van der Waals surface area contributed by atoms with Gasteiger partial charge in [0, 0.05) is 11.3 Å². The van der Waals surface area contributed by atoms with Crippen LogP contribution in [0.5, 0.6) is 5.75 Å². The second-order valence-corrected chi connectivity index (χ2v) is 9.35. The number of aryl methyl sites for hydroxylation is 2. The first-order valence-electron chi connectivity index (χ1n) is 11.1. The molecule has 0 bridgehead atoms. The molecule has 0 spiro atoms. The van der Waals surface area contributed by atoms with Crippen molar-refractivity contribution in [2.45, 2.75) is 19.9 Å². The standard InChI is InChI=1S/C28H22N2O4S/c1-16-9-6-7-14-21(16)30-23(19-12-8-13-20(31)15-19)22(25(33)28(30)34)24(32)26-17(2)29-27(35-26)18-10-4-3-5-11-18/h3-15,23,31,33H,1-2H3. The van der Waals surface area contributed by atoms with Crippen molar-refractivity contribution in [1.29, 1.82) is 0 Å². The molecule has 1 unspecified atom stereocenters. The Morgan fingerprint density at radius 3 is 2.37 bits per heavy atom. The van der Waals surface area contributed by atoms with E-state index in [-0.39, 0.29) is 11.3 Å². The number of carbonyl (C=O) groups is 2. The highest BCUT2D eigenvalue weighted by Crippen LogP contribution is 2.44. The van der Waals surface area contributed by atoms with E-state index in [1.54, 1.807) is 31.2 Å². The summed E-state index contributed by atoms with van der Waals surface area (Å²) in [6, 6.07) is 22.3. The highest BCUT2D eigenvalue weighted by molar-refractivity contribution is 7.17. The summed E-state index contributed by atoms with van der Waals surface area (Å²) in [6.45, 7) is 3.60. The van der Waals surface area contributed by atoms with Gasteiger partial charge in [-0.3, -0.25) is 14.5 Å². The predicted octanol–water partition coefficient (Wildman–Crippen LogP) is 5.92. The lowest BCUT2D eigenvalue weighted by atomic mass is 9.94. The van der Waals surface area contributed by atoms with Gasteiger partial charge in [0.25, 0.3) is 5.91 Å². The third kappa shape index (κ3) is 3.90. The van der Waals surface area contributed by atoms with Crippen molar-refractivity contribution in [3.05, 3.63) is 112 Å². The Labute approximate surface area is 206 Å². The average Bonchev–Trinajstić information content (AvgIpc) is 3.37. The first kappa shape index (κ1) is 22.6. The molecule has 1 amide bonds. The molecule has 35 heavy (non-hydrogen) atoms. The summed E-state index contributed by atoms with van der Waals surface area (Å²) in [5, 5.41) is 21.9. The summed E-state index contributed by atoms with van der Waals surface area (Å²) in [4.78, 5) is 33.6. The topological polar surface area (TPSA) is 90.7 Å². The highest BCUT2D eigenvalue weighted by atomic mass is 32.1. The molecular weight excluding hydrogens is 460 g/mol. The number of aromatic nitrogens is 1. The fraction of sp³-hybridized carbons (Fsp3) is 0.107. The van der Waals surface area contributed by atoms with Gasteiger partial charge in [0.15, 0.2) is 5.76 Å². The molecule has 0 fully saturated rings. The maximum Gasteiger partial charge on any atom is 0.294 e. The van der Waals surface area contributed by atoms with E-state index in [0.29, 0.717) is 26.8 Å². The number of hydrogen-bond donors (Lipinski definition) is 2. The molecule has 6 nitrogen and oxygen atoms in total. The molecule has 7 heteroatoms. The number of carbonyl (C=O) groups excluding carboxylic acids is 2. The molecule has 0 saturated heterocycles. The Bertz CT molecular complexity index is 1490. The maximum atomic E-state index is 13.9. The normalized spacial score (nSPS) is 15.7. The van der Waals surface area contributed by atoms with E-state index in [1.165, 1.54) is 28.4 Å². The zero-order chi connectivity index (χ0) is 24.7. The molecule has 3 aromatic carbocycles. The maximum absolute atomic E-state index is 13.9. The van der Waals surface area contributed by atoms with Crippen molar-refractivity contribution in [1.82, 2.24) is 4.98 Å². The van der Waals surface area contributed by atoms with Crippen LogP contribution in [0.25, 0.3) is 10.6 Å². The van der Waals surface area contributed by atoms with Crippen LogP contribution in [-0.2, 0) is 4.79 Å². The van der Waals surface area contributed by atoms with Gasteiger partial charge >= 0.3 is 0 Å². The number of benzene rings is 3. The minimum atomic E-state index is -0.912. The van der Waals surface area contributed by atoms with Gasteiger partial charge < -0.3 is 10.2 Å². The van der Waals surface area contributed by atoms with E-state index in [0.717, 1.165) is 11.1 Å². The Morgan fingerprint density at radius 2 is 1.66 bits per heavy atom. The molecule has 2 N–H and O–H groups in total. The number of rotatable bonds is 5. The van der Waals surface area contributed by atoms with Crippen molar-refractivity contribution < 1.29 is 19.8 Å². The number of amides is 1. The lowest BCUT2D eigenvalue weighted by Gasteiger charge is -2.28. The first-order chi connectivity index (χ1) is 16.9. The van der Waals surface area contributed by atoms with Crippen molar-refractivity contribution >= 4 is 28.7 Å². The van der Waals surface area contributed by atoms with Gasteiger partial charge in [-0.2, -0.15) is 0 Å². The number of aromatic hydroxyl groups is 1. The Balaban J connectivity index is 1.66. The smallest absolute Gasteiger partial charge is 0.294 e. The van der Waals surface area contributed by atoms with Gasteiger partial charge in [-0.1, -0.05) is 60.7 Å². The molecule has 1 aromatic heterocycles. The van der Waals surface area contributed by atoms with Crippen molar-refractivity contribution in [2.24, 2.45) is 0 Å². The fourth-order valence-electron chi connectivity index (χ4n) is 4.36. The minimum Gasteiger partial charge on any atom is -0.508 e. The second kappa shape index (κ2) is 8.85. The van der Waals surface area contributed by atoms with E-state index >= 15 is 0 Å².